The van der Waals surface area contributed by atoms with Crippen molar-refractivity contribution >= 4 is 16.7 Å². The monoisotopic (exact) mass is 293 g/mol. The molecule has 0 amide bonds. The third kappa shape index (κ3) is 3.23. The highest BCUT2D eigenvalue weighted by Gasteiger charge is 2.09. The van der Waals surface area contributed by atoms with Crippen LogP contribution >= 0.6 is 0 Å². The van der Waals surface area contributed by atoms with Gasteiger partial charge in [-0.05, 0) is 12.1 Å². The predicted octanol–water partition coefficient (Wildman–Crippen LogP) is 1.85. The zero-order valence-corrected chi connectivity index (χ0v) is 13.0. The van der Waals surface area contributed by atoms with Crippen LogP contribution in [0.1, 0.15) is 0 Å². The van der Waals surface area contributed by atoms with Gasteiger partial charge in [-0.15, -0.1) is 0 Å². The zero-order valence-electron chi connectivity index (χ0n) is 13.0. The molecule has 3 rings (SSSR count). The minimum Gasteiger partial charge on any atom is -0.364 e. The van der Waals surface area contributed by atoms with E-state index >= 15 is 0 Å². The number of nitrogens with zero attached hydrogens (tertiary/aromatic N) is 2. The van der Waals surface area contributed by atoms with Gasteiger partial charge in [-0.2, -0.15) is 0 Å². The molecular formula is C18H21N4+. The molecular weight excluding hydrogens is 272 g/mol. The van der Waals surface area contributed by atoms with Gasteiger partial charge in [-0.3, -0.25) is 0 Å². The highest BCUT2D eigenvalue weighted by atomic mass is 15.1. The Morgan fingerprint density at radius 2 is 1.64 bits per heavy atom. The number of para-hydroxylation sites is 1. The fourth-order valence-electron chi connectivity index (χ4n) is 2.36. The first-order valence-electron chi connectivity index (χ1n) is 7.59. The molecule has 0 fully saturated rings. The molecule has 4 nitrogen and oxygen atoms in total. The van der Waals surface area contributed by atoms with Gasteiger partial charge in [0.05, 0.1) is 32.7 Å². The lowest BCUT2D eigenvalue weighted by molar-refractivity contribution is -0.856. The predicted molar refractivity (Wildman–Crippen MR) is 91.1 cm³/mol. The fourth-order valence-corrected chi connectivity index (χ4v) is 2.36. The third-order valence-electron chi connectivity index (χ3n) is 3.55. The summed E-state index contributed by atoms with van der Waals surface area (Å²) in [6, 6.07) is 18.2. The molecule has 2 N–H and O–H groups in total. The van der Waals surface area contributed by atoms with Crippen molar-refractivity contribution in [3.05, 3.63) is 54.6 Å². The molecule has 1 aromatic heterocycles. The maximum atomic E-state index is 4.74. The van der Waals surface area contributed by atoms with E-state index in [9.17, 15) is 0 Å². The minimum atomic E-state index is 0.763. The Morgan fingerprint density at radius 3 is 2.41 bits per heavy atom. The Labute approximate surface area is 130 Å². The van der Waals surface area contributed by atoms with E-state index in [1.165, 1.54) is 4.90 Å². The van der Waals surface area contributed by atoms with Crippen LogP contribution in [-0.2, 0) is 0 Å². The summed E-state index contributed by atoms with van der Waals surface area (Å²) in [6.07, 6.45) is 0. The molecule has 1 heterocycles. The van der Waals surface area contributed by atoms with Gasteiger partial charge >= 0.3 is 0 Å². The van der Waals surface area contributed by atoms with E-state index in [0.29, 0.717) is 0 Å². The van der Waals surface area contributed by atoms with Gasteiger partial charge < -0.3 is 10.2 Å². The summed E-state index contributed by atoms with van der Waals surface area (Å²) in [5.41, 5.74) is 2.01. The van der Waals surface area contributed by atoms with Crippen LogP contribution in [0.5, 0.6) is 0 Å². The highest BCUT2D eigenvalue weighted by molar-refractivity contribution is 5.90. The maximum absolute atomic E-state index is 4.74. The number of fused-ring (bicyclic) bond motifs is 1. The van der Waals surface area contributed by atoms with Gasteiger partial charge in [-0.1, -0.05) is 42.5 Å². The van der Waals surface area contributed by atoms with Crippen molar-refractivity contribution in [2.75, 3.05) is 32.5 Å². The van der Waals surface area contributed by atoms with Gasteiger partial charge in [0.15, 0.2) is 5.82 Å². The van der Waals surface area contributed by atoms with E-state index < -0.39 is 0 Å². The lowest BCUT2D eigenvalue weighted by Gasteiger charge is -2.12. The molecule has 0 saturated heterocycles. The Kier molecular flexibility index (Phi) is 4.30. The first-order valence-corrected chi connectivity index (χ1v) is 7.59. The summed E-state index contributed by atoms with van der Waals surface area (Å²) in [6.45, 7) is 1.93. The van der Waals surface area contributed by atoms with Gasteiger partial charge in [0, 0.05) is 10.9 Å². The van der Waals surface area contributed by atoms with Crippen LogP contribution in [-0.4, -0.2) is 37.2 Å². The topological polar surface area (TPSA) is 42.2 Å². The van der Waals surface area contributed by atoms with E-state index in [-0.39, 0.29) is 0 Å². The van der Waals surface area contributed by atoms with E-state index in [1.807, 2.05) is 48.5 Å². The second kappa shape index (κ2) is 6.54. The van der Waals surface area contributed by atoms with Crippen LogP contribution in [0.25, 0.3) is 22.3 Å². The number of likely N-dealkylation sites (N-methyl/N-ethyl adjacent to an activating group) is 1. The SMILES string of the molecule is C[NH+](C)CCNc1nc(-c2ccccc2)nc2ccccc12. The first-order chi connectivity index (χ1) is 10.7. The number of benzene rings is 2. The van der Waals surface area contributed by atoms with Crippen molar-refractivity contribution in [3.8, 4) is 11.4 Å². The zero-order chi connectivity index (χ0) is 15.4. The van der Waals surface area contributed by atoms with Crippen molar-refractivity contribution in [1.29, 1.82) is 0 Å². The number of quaternary nitrogens is 1. The van der Waals surface area contributed by atoms with Crippen molar-refractivity contribution in [2.24, 2.45) is 0 Å². The fraction of sp³-hybridized carbons (Fsp3) is 0.222. The Balaban J connectivity index is 2.01. The van der Waals surface area contributed by atoms with Crippen molar-refractivity contribution in [2.45, 2.75) is 0 Å². The molecule has 112 valence electrons. The lowest BCUT2D eigenvalue weighted by atomic mass is 10.2. The van der Waals surface area contributed by atoms with Crippen LogP contribution in [0, 0.1) is 0 Å². The average Bonchev–Trinajstić information content (AvgIpc) is 2.55. The van der Waals surface area contributed by atoms with Crippen molar-refractivity contribution in [1.82, 2.24) is 9.97 Å². The molecule has 2 aromatic carbocycles. The van der Waals surface area contributed by atoms with Crippen LogP contribution in [0.4, 0.5) is 5.82 Å². The molecule has 0 aliphatic carbocycles. The van der Waals surface area contributed by atoms with E-state index in [4.69, 9.17) is 9.97 Å². The molecule has 4 heteroatoms. The quantitative estimate of drug-likeness (QED) is 0.754. The molecule has 3 aromatic rings. The number of aromatic nitrogens is 2. The summed E-state index contributed by atoms with van der Waals surface area (Å²) < 4.78 is 0. The van der Waals surface area contributed by atoms with Crippen LogP contribution in [0.15, 0.2) is 54.6 Å². The number of nitrogens with one attached hydrogen (secondary N) is 2. The number of anilines is 1. The summed E-state index contributed by atoms with van der Waals surface area (Å²) in [4.78, 5) is 10.8. The largest absolute Gasteiger partial charge is 0.364 e. The Hall–Kier alpha value is -2.46. The number of hydrogen-bond donors (Lipinski definition) is 2. The molecule has 0 bridgehead atoms. The van der Waals surface area contributed by atoms with Crippen LogP contribution < -0.4 is 10.2 Å². The first kappa shape index (κ1) is 14.5. The van der Waals surface area contributed by atoms with E-state index in [2.05, 4.69) is 25.5 Å². The van der Waals surface area contributed by atoms with E-state index in [1.54, 1.807) is 0 Å². The summed E-state index contributed by atoms with van der Waals surface area (Å²) in [7, 11) is 4.30. The lowest BCUT2D eigenvalue weighted by Crippen LogP contribution is -3.06. The van der Waals surface area contributed by atoms with Crippen LogP contribution in [0.3, 0.4) is 0 Å². The second-order valence-corrected chi connectivity index (χ2v) is 5.66. The van der Waals surface area contributed by atoms with Gasteiger partial charge in [-0.25, -0.2) is 9.97 Å². The van der Waals surface area contributed by atoms with Gasteiger partial charge in [0.1, 0.15) is 5.82 Å². The smallest absolute Gasteiger partial charge is 0.162 e. The molecule has 0 unspecified atom stereocenters. The molecule has 0 aliphatic rings. The minimum absolute atomic E-state index is 0.763. The molecule has 22 heavy (non-hydrogen) atoms. The number of rotatable bonds is 5. The second-order valence-electron chi connectivity index (χ2n) is 5.66. The molecule has 0 spiro atoms. The van der Waals surface area contributed by atoms with Crippen molar-refractivity contribution < 1.29 is 4.90 Å². The van der Waals surface area contributed by atoms with Gasteiger partial charge in [0.2, 0.25) is 0 Å². The summed E-state index contributed by atoms with van der Waals surface area (Å²) in [5, 5.41) is 4.52. The van der Waals surface area contributed by atoms with E-state index in [0.717, 1.165) is 41.2 Å². The molecule has 0 aliphatic heterocycles. The number of hydrogen-bond acceptors (Lipinski definition) is 3. The van der Waals surface area contributed by atoms with Crippen molar-refractivity contribution in [3.63, 3.8) is 0 Å². The summed E-state index contributed by atoms with van der Waals surface area (Å²) >= 11 is 0. The normalized spacial score (nSPS) is 11.0. The molecule has 0 atom stereocenters. The maximum Gasteiger partial charge on any atom is 0.162 e. The summed E-state index contributed by atoms with van der Waals surface area (Å²) in [5.74, 6) is 1.67. The molecule has 0 radical (unpaired) electrons. The third-order valence-corrected chi connectivity index (χ3v) is 3.55. The Morgan fingerprint density at radius 1 is 0.909 bits per heavy atom. The van der Waals surface area contributed by atoms with Crippen LogP contribution in [0.2, 0.25) is 0 Å². The van der Waals surface area contributed by atoms with Gasteiger partial charge in [0.25, 0.3) is 0 Å². The molecule has 0 saturated carbocycles. The average molecular weight is 293 g/mol. The highest BCUT2D eigenvalue weighted by Crippen LogP contribution is 2.24. The Bertz CT molecular complexity index is 753. The standard InChI is InChI=1S/C18H20N4/c1-22(2)13-12-19-18-15-10-6-7-11-16(15)20-17(21-18)14-8-4-3-5-9-14/h3-11H,12-13H2,1-2H3,(H,19,20,21)/p+1.